The molecule has 0 radical (unpaired) electrons. The van der Waals surface area contributed by atoms with Gasteiger partial charge in [-0.15, -0.1) is 0 Å². The van der Waals surface area contributed by atoms with Crippen LogP contribution in [0.3, 0.4) is 0 Å². The smallest absolute Gasteiger partial charge is 0.0601 e. The lowest BCUT2D eigenvalue weighted by Crippen LogP contribution is -2.49. The molecule has 1 heterocycles. The number of nitrogens with one attached hydrogen (secondary N) is 1. The molecule has 1 N–H and O–H groups in total. The third kappa shape index (κ3) is 2.92. The molecule has 3 heteroatoms. The maximum Gasteiger partial charge on any atom is 0.0601 e. The van der Waals surface area contributed by atoms with Gasteiger partial charge in [-0.2, -0.15) is 0 Å². The molecule has 0 atom stereocenters. The van der Waals surface area contributed by atoms with E-state index >= 15 is 0 Å². The maximum atomic E-state index is 5.40. The minimum absolute atomic E-state index is 0.455. The van der Waals surface area contributed by atoms with Gasteiger partial charge in [0, 0.05) is 32.9 Å². The van der Waals surface area contributed by atoms with Crippen molar-refractivity contribution in [1.29, 1.82) is 0 Å². The van der Waals surface area contributed by atoms with Crippen molar-refractivity contribution in [2.45, 2.75) is 44.8 Å². The number of ether oxygens (including phenoxy) is 2. The standard InChI is InChI=1S/C12H23NO2/c1-12(3-5-15-6-4-12)9-13-10-7-11(8-10)14-2/h10-11,13H,3-9H2,1-2H3. The lowest BCUT2D eigenvalue weighted by atomic mass is 9.81. The molecule has 1 saturated carbocycles. The highest BCUT2D eigenvalue weighted by Gasteiger charge is 2.32. The lowest BCUT2D eigenvalue weighted by Gasteiger charge is -2.39. The van der Waals surface area contributed by atoms with Crippen molar-refractivity contribution in [3.8, 4) is 0 Å². The fraction of sp³-hybridized carbons (Fsp3) is 1.00. The van der Waals surface area contributed by atoms with Crippen molar-refractivity contribution in [3.05, 3.63) is 0 Å². The van der Waals surface area contributed by atoms with Crippen molar-refractivity contribution in [2.24, 2.45) is 5.41 Å². The highest BCUT2D eigenvalue weighted by Crippen LogP contribution is 2.30. The first-order valence-corrected chi connectivity index (χ1v) is 6.06. The van der Waals surface area contributed by atoms with Crippen LogP contribution in [-0.4, -0.2) is 39.0 Å². The first kappa shape index (κ1) is 11.4. The van der Waals surface area contributed by atoms with E-state index in [0.29, 0.717) is 17.6 Å². The minimum Gasteiger partial charge on any atom is -0.381 e. The molecular formula is C12H23NO2. The van der Waals surface area contributed by atoms with Gasteiger partial charge >= 0.3 is 0 Å². The van der Waals surface area contributed by atoms with Gasteiger partial charge in [0.15, 0.2) is 0 Å². The fourth-order valence-corrected chi connectivity index (χ4v) is 2.36. The SMILES string of the molecule is COC1CC(NCC2(C)CCOCC2)C1. The molecule has 0 aromatic carbocycles. The zero-order valence-corrected chi connectivity index (χ0v) is 9.92. The first-order chi connectivity index (χ1) is 7.22. The second-order valence-electron chi connectivity index (χ2n) is 5.33. The fourth-order valence-electron chi connectivity index (χ4n) is 2.36. The molecule has 2 fully saturated rings. The molecule has 2 aliphatic rings. The summed E-state index contributed by atoms with van der Waals surface area (Å²) in [6.07, 6.45) is 5.26. The lowest BCUT2D eigenvalue weighted by molar-refractivity contribution is -0.000232. The van der Waals surface area contributed by atoms with Crippen molar-refractivity contribution < 1.29 is 9.47 Å². The molecule has 88 valence electrons. The van der Waals surface area contributed by atoms with Crippen LogP contribution in [0, 0.1) is 5.41 Å². The van der Waals surface area contributed by atoms with Crippen LogP contribution in [0.4, 0.5) is 0 Å². The van der Waals surface area contributed by atoms with Crippen LogP contribution < -0.4 is 5.32 Å². The summed E-state index contributed by atoms with van der Waals surface area (Å²) in [5.74, 6) is 0. The van der Waals surface area contributed by atoms with Crippen molar-refractivity contribution >= 4 is 0 Å². The molecule has 1 aliphatic heterocycles. The average Bonchev–Trinajstić information content (AvgIpc) is 2.17. The van der Waals surface area contributed by atoms with Gasteiger partial charge in [0.2, 0.25) is 0 Å². The number of hydrogen-bond donors (Lipinski definition) is 1. The van der Waals surface area contributed by atoms with E-state index in [0.717, 1.165) is 19.8 Å². The van der Waals surface area contributed by atoms with Crippen LogP contribution in [0.5, 0.6) is 0 Å². The molecule has 15 heavy (non-hydrogen) atoms. The molecule has 2 rings (SSSR count). The third-order valence-electron chi connectivity index (χ3n) is 3.95. The van der Waals surface area contributed by atoms with Gasteiger partial charge in [0.1, 0.15) is 0 Å². The minimum atomic E-state index is 0.455. The van der Waals surface area contributed by atoms with E-state index in [1.54, 1.807) is 7.11 Å². The Balaban J connectivity index is 1.65. The van der Waals surface area contributed by atoms with E-state index in [-0.39, 0.29) is 0 Å². The molecule has 0 unspecified atom stereocenters. The second-order valence-corrected chi connectivity index (χ2v) is 5.33. The zero-order valence-electron chi connectivity index (χ0n) is 9.92. The third-order valence-corrected chi connectivity index (χ3v) is 3.95. The maximum absolute atomic E-state index is 5.40. The predicted octanol–water partition coefficient (Wildman–Crippen LogP) is 1.57. The Bertz CT molecular complexity index is 196. The van der Waals surface area contributed by atoms with Gasteiger partial charge in [0.05, 0.1) is 6.10 Å². The van der Waals surface area contributed by atoms with Crippen molar-refractivity contribution in [3.63, 3.8) is 0 Å². The summed E-state index contributed by atoms with van der Waals surface area (Å²) >= 11 is 0. The van der Waals surface area contributed by atoms with Gasteiger partial charge < -0.3 is 14.8 Å². The van der Waals surface area contributed by atoms with Crippen LogP contribution in [0.25, 0.3) is 0 Å². The van der Waals surface area contributed by atoms with E-state index in [9.17, 15) is 0 Å². The topological polar surface area (TPSA) is 30.5 Å². The summed E-state index contributed by atoms with van der Waals surface area (Å²) in [6.45, 7) is 5.37. The van der Waals surface area contributed by atoms with E-state index < -0.39 is 0 Å². The number of hydrogen-bond acceptors (Lipinski definition) is 3. The van der Waals surface area contributed by atoms with E-state index in [1.807, 2.05) is 0 Å². The van der Waals surface area contributed by atoms with E-state index in [4.69, 9.17) is 9.47 Å². The summed E-state index contributed by atoms with van der Waals surface area (Å²) in [6, 6.07) is 0.689. The Labute approximate surface area is 92.5 Å². The molecule has 0 aromatic rings. The highest BCUT2D eigenvalue weighted by molar-refractivity contribution is 4.88. The van der Waals surface area contributed by atoms with Gasteiger partial charge in [-0.25, -0.2) is 0 Å². The summed E-state index contributed by atoms with van der Waals surface area (Å²) < 4.78 is 10.7. The molecule has 0 spiro atoms. The van der Waals surface area contributed by atoms with Crippen LogP contribution in [0.1, 0.15) is 32.6 Å². The van der Waals surface area contributed by atoms with E-state index in [2.05, 4.69) is 12.2 Å². The Morgan fingerprint density at radius 3 is 2.60 bits per heavy atom. The number of methoxy groups -OCH3 is 1. The van der Waals surface area contributed by atoms with Gasteiger partial charge in [0.25, 0.3) is 0 Å². The Morgan fingerprint density at radius 1 is 1.33 bits per heavy atom. The Kier molecular flexibility index (Phi) is 3.65. The van der Waals surface area contributed by atoms with Gasteiger partial charge in [-0.3, -0.25) is 0 Å². The summed E-state index contributed by atoms with van der Waals surface area (Å²) in [4.78, 5) is 0. The normalized spacial score (nSPS) is 34.8. The summed E-state index contributed by atoms with van der Waals surface area (Å²) in [5, 5.41) is 3.66. The van der Waals surface area contributed by atoms with Gasteiger partial charge in [-0.1, -0.05) is 6.92 Å². The van der Waals surface area contributed by atoms with Crippen molar-refractivity contribution in [1.82, 2.24) is 5.32 Å². The first-order valence-electron chi connectivity index (χ1n) is 6.06. The quantitative estimate of drug-likeness (QED) is 0.769. The van der Waals surface area contributed by atoms with E-state index in [1.165, 1.54) is 25.7 Å². The average molecular weight is 213 g/mol. The van der Waals surface area contributed by atoms with Crippen molar-refractivity contribution in [2.75, 3.05) is 26.9 Å². The van der Waals surface area contributed by atoms with Crippen LogP contribution in [0.15, 0.2) is 0 Å². The highest BCUT2D eigenvalue weighted by atomic mass is 16.5. The van der Waals surface area contributed by atoms with Gasteiger partial charge in [-0.05, 0) is 31.1 Å². The molecule has 0 aromatic heterocycles. The molecule has 3 nitrogen and oxygen atoms in total. The number of rotatable bonds is 4. The Morgan fingerprint density at radius 2 is 2.00 bits per heavy atom. The molecule has 0 bridgehead atoms. The molecule has 0 amide bonds. The molecule has 1 saturated heterocycles. The summed E-state index contributed by atoms with van der Waals surface area (Å²) in [5.41, 5.74) is 0.455. The van der Waals surface area contributed by atoms with Crippen LogP contribution in [-0.2, 0) is 9.47 Å². The predicted molar refractivity (Wildman–Crippen MR) is 60.0 cm³/mol. The Hall–Kier alpha value is -0.120. The molecule has 1 aliphatic carbocycles. The largest absolute Gasteiger partial charge is 0.381 e. The monoisotopic (exact) mass is 213 g/mol. The van der Waals surface area contributed by atoms with Crippen LogP contribution >= 0.6 is 0 Å². The molecular weight excluding hydrogens is 190 g/mol. The summed E-state index contributed by atoms with van der Waals surface area (Å²) in [7, 11) is 1.81. The zero-order chi connectivity index (χ0) is 10.7. The second kappa shape index (κ2) is 4.81. The van der Waals surface area contributed by atoms with Crippen LogP contribution in [0.2, 0.25) is 0 Å².